The van der Waals surface area contributed by atoms with Crippen LogP contribution in [0.2, 0.25) is 10.0 Å². The second-order valence-electron chi connectivity index (χ2n) is 6.98. The van der Waals surface area contributed by atoms with Gasteiger partial charge in [-0.05, 0) is 36.2 Å². The first-order chi connectivity index (χ1) is 16.9. The molecule has 0 saturated carbocycles. The van der Waals surface area contributed by atoms with E-state index in [0.29, 0.717) is 43.0 Å². The quantitative estimate of drug-likeness (QED) is 0.153. The molecule has 0 aliphatic heterocycles. The van der Waals surface area contributed by atoms with Gasteiger partial charge in [0.1, 0.15) is 24.0 Å². The number of amides is 1. The molecule has 0 aliphatic rings. The molecular weight excluding hydrogens is 513 g/mol. The van der Waals surface area contributed by atoms with Gasteiger partial charge in [0.05, 0.1) is 24.8 Å². The number of nitrogens with one attached hydrogen (secondary N) is 1. The first-order valence-corrected chi connectivity index (χ1v) is 11.9. The van der Waals surface area contributed by atoms with Gasteiger partial charge in [0.2, 0.25) is 11.0 Å². The molecule has 0 fully saturated rings. The van der Waals surface area contributed by atoms with Gasteiger partial charge in [-0.15, -0.1) is 16.8 Å². The lowest BCUT2D eigenvalue weighted by Crippen LogP contribution is -2.19. The molecule has 184 valence electrons. The number of nitrogens with two attached hydrogens (primary N) is 1. The van der Waals surface area contributed by atoms with Crippen molar-refractivity contribution in [2.45, 2.75) is 12.8 Å². The van der Waals surface area contributed by atoms with Gasteiger partial charge in [0.15, 0.2) is 11.5 Å². The molecule has 0 atom stereocenters. The summed E-state index contributed by atoms with van der Waals surface area (Å²) in [4.78, 5) is 12.0. The van der Waals surface area contributed by atoms with Gasteiger partial charge < -0.3 is 19.9 Å². The number of anilines is 1. The van der Waals surface area contributed by atoms with E-state index in [1.54, 1.807) is 19.2 Å². The molecule has 35 heavy (non-hydrogen) atoms. The zero-order chi connectivity index (χ0) is 25.2. The summed E-state index contributed by atoms with van der Waals surface area (Å²) in [5.74, 6) is 1.18. The van der Waals surface area contributed by atoms with Crippen LogP contribution in [-0.2, 0) is 17.6 Å². The first kappa shape index (κ1) is 26.3. The van der Waals surface area contributed by atoms with Gasteiger partial charge in [0.25, 0.3) is 0 Å². The van der Waals surface area contributed by atoms with E-state index in [1.807, 2.05) is 24.3 Å². The largest absolute Gasteiger partial charge is 0.493 e. The van der Waals surface area contributed by atoms with Crippen molar-refractivity contribution in [1.29, 1.82) is 0 Å². The molecule has 0 spiro atoms. The fourth-order valence-electron chi connectivity index (χ4n) is 2.94. The van der Waals surface area contributed by atoms with Crippen molar-refractivity contribution in [3.05, 3.63) is 69.2 Å². The Kier molecular flexibility index (Phi) is 9.71. The average Bonchev–Trinajstić information content (AvgIpc) is 3.22. The third kappa shape index (κ3) is 7.84. The lowest BCUT2D eigenvalue weighted by Gasteiger charge is -2.14. The topological polar surface area (TPSA) is 121 Å². The number of carbonyl (C=O) groups is 1. The van der Waals surface area contributed by atoms with Gasteiger partial charge in [0, 0.05) is 10.6 Å². The molecule has 0 radical (unpaired) electrons. The van der Waals surface area contributed by atoms with Crippen molar-refractivity contribution < 1.29 is 19.0 Å². The number of benzene rings is 2. The van der Waals surface area contributed by atoms with Gasteiger partial charge in [-0.3, -0.25) is 4.79 Å². The number of hydrogen-bond acceptors (Lipinski definition) is 9. The van der Waals surface area contributed by atoms with Crippen LogP contribution in [0.5, 0.6) is 17.2 Å². The number of hydrogen-bond donors (Lipinski definition) is 2. The molecule has 0 saturated heterocycles. The molecule has 12 heteroatoms. The standard InChI is InChI=1S/C23H23Cl2N5O4S/c1-3-4-14-5-6-18(19(9-14)32-2)33-7-8-34-22-15(10-16(24)11-17(22)25)13-27-28-20(31)12-21-29-30-23(26)35-21/h3,5-6,9-11,13H,1,4,7-8,12H2,2H3,(H2,26,30)(H,28,31)/b27-13+. The number of allylic oxidation sites excluding steroid dienone is 1. The average molecular weight is 536 g/mol. The fraction of sp³-hybridized carbons (Fsp3) is 0.217. The molecule has 3 rings (SSSR count). The summed E-state index contributed by atoms with van der Waals surface area (Å²) in [6, 6.07) is 8.85. The summed E-state index contributed by atoms with van der Waals surface area (Å²) in [5.41, 5.74) is 9.48. The van der Waals surface area contributed by atoms with Crippen LogP contribution in [-0.4, -0.2) is 42.6 Å². The van der Waals surface area contributed by atoms with E-state index in [9.17, 15) is 4.79 Å². The van der Waals surface area contributed by atoms with E-state index in [1.165, 1.54) is 6.21 Å². The monoisotopic (exact) mass is 535 g/mol. The Balaban J connectivity index is 1.59. The van der Waals surface area contributed by atoms with Crippen LogP contribution >= 0.6 is 34.5 Å². The van der Waals surface area contributed by atoms with Crippen molar-refractivity contribution in [3.8, 4) is 17.2 Å². The van der Waals surface area contributed by atoms with E-state index in [0.717, 1.165) is 23.3 Å². The maximum atomic E-state index is 12.0. The Hall–Kier alpha value is -3.34. The molecule has 1 aromatic heterocycles. The lowest BCUT2D eigenvalue weighted by molar-refractivity contribution is -0.120. The minimum absolute atomic E-state index is 0.00123. The summed E-state index contributed by atoms with van der Waals surface area (Å²) in [6.45, 7) is 4.16. The summed E-state index contributed by atoms with van der Waals surface area (Å²) >= 11 is 13.6. The van der Waals surface area contributed by atoms with Crippen LogP contribution in [0.25, 0.3) is 0 Å². The molecule has 0 bridgehead atoms. The number of ether oxygens (including phenoxy) is 3. The predicted octanol–water partition coefficient (Wildman–Crippen LogP) is 4.31. The molecule has 3 aromatic rings. The minimum Gasteiger partial charge on any atom is -0.493 e. The smallest absolute Gasteiger partial charge is 0.247 e. The number of aromatic nitrogens is 2. The van der Waals surface area contributed by atoms with E-state index < -0.39 is 0 Å². The number of carbonyl (C=O) groups excluding carboxylic acids is 1. The Morgan fingerprint density at radius 1 is 1.20 bits per heavy atom. The maximum absolute atomic E-state index is 12.0. The van der Waals surface area contributed by atoms with Crippen molar-refractivity contribution in [1.82, 2.24) is 15.6 Å². The van der Waals surface area contributed by atoms with Crippen molar-refractivity contribution in [2.24, 2.45) is 5.10 Å². The third-order valence-corrected chi connectivity index (χ3v) is 5.67. The molecule has 1 heterocycles. The Bertz CT molecular complexity index is 1220. The highest BCUT2D eigenvalue weighted by Crippen LogP contribution is 2.32. The van der Waals surface area contributed by atoms with Gasteiger partial charge in [-0.25, -0.2) is 5.43 Å². The molecular formula is C23H23Cl2N5O4S. The number of methoxy groups -OCH3 is 1. The predicted molar refractivity (Wildman–Crippen MR) is 138 cm³/mol. The number of halogens is 2. The highest BCUT2D eigenvalue weighted by molar-refractivity contribution is 7.15. The van der Waals surface area contributed by atoms with Crippen LogP contribution in [0.4, 0.5) is 5.13 Å². The Morgan fingerprint density at radius 3 is 2.71 bits per heavy atom. The number of nitrogen functional groups attached to an aromatic ring is 1. The maximum Gasteiger partial charge on any atom is 0.247 e. The Morgan fingerprint density at radius 2 is 2.00 bits per heavy atom. The molecule has 9 nitrogen and oxygen atoms in total. The molecule has 0 aliphatic carbocycles. The van der Waals surface area contributed by atoms with Crippen LogP contribution in [0.1, 0.15) is 16.1 Å². The van der Waals surface area contributed by atoms with E-state index in [-0.39, 0.29) is 25.5 Å². The second-order valence-corrected chi connectivity index (χ2v) is 8.92. The Labute approximate surface area is 216 Å². The van der Waals surface area contributed by atoms with E-state index in [2.05, 4.69) is 27.3 Å². The zero-order valence-corrected chi connectivity index (χ0v) is 21.1. The molecule has 1 amide bonds. The number of hydrazone groups is 1. The van der Waals surface area contributed by atoms with Gasteiger partial charge in [-0.2, -0.15) is 5.10 Å². The normalized spacial score (nSPS) is 10.8. The molecule has 2 aromatic carbocycles. The summed E-state index contributed by atoms with van der Waals surface area (Å²) in [7, 11) is 1.58. The molecule has 3 N–H and O–H groups in total. The third-order valence-electron chi connectivity index (χ3n) is 4.42. The lowest BCUT2D eigenvalue weighted by atomic mass is 10.1. The summed E-state index contributed by atoms with van der Waals surface area (Å²) in [6.07, 6.45) is 3.94. The van der Waals surface area contributed by atoms with Crippen molar-refractivity contribution in [2.75, 3.05) is 26.1 Å². The van der Waals surface area contributed by atoms with Gasteiger partial charge >= 0.3 is 0 Å². The number of rotatable bonds is 12. The summed E-state index contributed by atoms with van der Waals surface area (Å²) < 4.78 is 17.0. The highest BCUT2D eigenvalue weighted by atomic mass is 35.5. The van der Waals surface area contributed by atoms with E-state index in [4.69, 9.17) is 43.1 Å². The SMILES string of the molecule is C=CCc1ccc(OCCOc2c(Cl)cc(Cl)cc2/C=N/NC(=O)Cc2nnc(N)s2)c(OC)c1. The second kappa shape index (κ2) is 12.9. The van der Waals surface area contributed by atoms with Crippen LogP contribution < -0.4 is 25.4 Å². The van der Waals surface area contributed by atoms with Crippen molar-refractivity contribution >= 4 is 51.8 Å². The van der Waals surface area contributed by atoms with Crippen LogP contribution in [0, 0.1) is 0 Å². The van der Waals surface area contributed by atoms with Crippen LogP contribution in [0.15, 0.2) is 48.1 Å². The van der Waals surface area contributed by atoms with E-state index >= 15 is 0 Å². The highest BCUT2D eigenvalue weighted by Gasteiger charge is 2.12. The minimum atomic E-state index is -0.380. The number of nitrogens with zero attached hydrogens (tertiary/aromatic N) is 3. The van der Waals surface area contributed by atoms with Crippen molar-refractivity contribution in [3.63, 3.8) is 0 Å². The fourth-order valence-corrected chi connectivity index (χ4v) is 4.11. The van der Waals surface area contributed by atoms with Crippen LogP contribution in [0.3, 0.4) is 0 Å². The summed E-state index contributed by atoms with van der Waals surface area (Å²) in [5, 5.41) is 12.9. The molecule has 0 unspecified atom stereocenters. The first-order valence-electron chi connectivity index (χ1n) is 10.3. The zero-order valence-electron chi connectivity index (χ0n) is 18.8. The van der Waals surface area contributed by atoms with Gasteiger partial charge in [-0.1, -0.05) is 46.7 Å².